The van der Waals surface area contributed by atoms with E-state index in [4.69, 9.17) is 9.47 Å². The fourth-order valence-corrected chi connectivity index (χ4v) is 2.98. The highest BCUT2D eigenvalue weighted by Gasteiger charge is 2.16. The fraction of sp³-hybridized carbons (Fsp3) is 0.348. The van der Waals surface area contributed by atoms with Gasteiger partial charge in [-0.2, -0.15) is 0 Å². The molecule has 0 saturated heterocycles. The van der Waals surface area contributed by atoms with E-state index in [0.29, 0.717) is 6.61 Å². The molecule has 2 rings (SSSR count). The predicted octanol–water partition coefficient (Wildman–Crippen LogP) is 6.60. The van der Waals surface area contributed by atoms with Crippen LogP contribution in [-0.4, -0.2) is 20.4 Å². The van der Waals surface area contributed by atoms with E-state index in [2.05, 4.69) is 31.6 Å². The molecule has 0 aliphatic heterocycles. The SMILES string of the molecule is C=Nc1c(OC/C(=C/CC)CCCC)ccc(OC)c1-c1ccccc1. The van der Waals surface area contributed by atoms with E-state index in [9.17, 15) is 0 Å². The molecule has 0 unspecified atom stereocenters. The summed E-state index contributed by atoms with van der Waals surface area (Å²) in [5.41, 5.74) is 4.01. The molecule has 0 heterocycles. The van der Waals surface area contributed by atoms with E-state index in [-0.39, 0.29) is 0 Å². The van der Waals surface area contributed by atoms with Crippen molar-refractivity contribution in [1.29, 1.82) is 0 Å². The number of unbranched alkanes of at least 4 members (excludes halogenated alkanes) is 1. The van der Waals surface area contributed by atoms with Crippen molar-refractivity contribution in [3.05, 3.63) is 54.1 Å². The molecule has 0 aliphatic rings. The van der Waals surface area contributed by atoms with Gasteiger partial charge in [-0.25, -0.2) is 0 Å². The molecule has 0 aliphatic carbocycles. The van der Waals surface area contributed by atoms with Crippen molar-refractivity contribution >= 4 is 12.4 Å². The second kappa shape index (κ2) is 10.4. The van der Waals surface area contributed by atoms with Crippen LogP contribution in [0.4, 0.5) is 5.69 Å². The maximum Gasteiger partial charge on any atom is 0.146 e. The van der Waals surface area contributed by atoms with Gasteiger partial charge in [0, 0.05) is 0 Å². The molecule has 0 radical (unpaired) electrons. The van der Waals surface area contributed by atoms with Crippen molar-refractivity contribution in [3.8, 4) is 22.6 Å². The zero-order valence-corrected chi connectivity index (χ0v) is 16.1. The summed E-state index contributed by atoms with van der Waals surface area (Å²) in [4.78, 5) is 4.27. The Morgan fingerprint density at radius 2 is 1.81 bits per heavy atom. The van der Waals surface area contributed by atoms with Gasteiger partial charge >= 0.3 is 0 Å². The van der Waals surface area contributed by atoms with E-state index in [1.807, 2.05) is 42.5 Å². The number of hydrogen-bond acceptors (Lipinski definition) is 3. The van der Waals surface area contributed by atoms with Crippen LogP contribution in [-0.2, 0) is 0 Å². The van der Waals surface area contributed by atoms with Crippen LogP contribution in [0, 0.1) is 0 Å². The van der Waals surface area contributed by atoms with Gasteiger partial charge in [0.15, 0.2) is 0 Å². The lowest BCUT2D eigenvalue weighted by Crippen LogP contribution is -2.03. The van der Waals surface area contributed by atoms with E-state index < -0.39 is 0 Å². The zero-order chi connectivity index (χ0) is 18.8. The monoisotopic (exact) mass is 351 g/mol. The first-order valence-corrected chi connectivity index (χ1v) is 9.28. The molecule has 0 N–H and O–H groups in total. The van der Waals surface area contributed by atoms with Gasteiger partial charge in [0.25, 0.3) is 0 Å². The highest BCUT2D eigenvalue weighted by molar-refractivity contribution is 5.86. The van der Waals surface area contributed by atoms with Gasteiger partial charge in [-0.1, -0.05) is 56.7 Å². The third-order valence-electron chi connectivity index (χ3n) is 4.30. The summed E-state index contributed by atoms with van der Waals surface area (Å²) in [6.07, 6.45) is 6.72. The Hall–Kier alpha value is -2.55. The Balaban J connectivity index is 2.35. The Bertz CT molecular complexity index is 735. The summed E-state index contributed by atoms with van der Waals surface area (Å²) < 4.78 is 11.7. The van der Waals surface area contributed by atoms with Crippen LogP contribution in [0.1, 0.15) is 39.5 Å². The molecule has 26 heavy (non-hydrogen) atoms. The number of benzene rings is 2. The summed E-state index contributed by atoms with van der Waals surface area (Å²) in [5.74, 6) is 1.50. The quantitative estimate of drug-likeness (QED) is 0.356. The molecule has 0 saturated carbocycles. The molecule has 3 heteroatoms. The fourth-order valence-electron chi connectivity index (χ4n) is 2.98. The van der Waals surface area contributed by atoms with E-state index >= 15 is 0 Å². The highest BCUT2D eigenvalue weighted by atomic mass is 16.5. The summed E-state index contributed by atoms with van der Waals surface area (Å²) in [6, 6.07) is 13.9. The third-order valence-corrected chi connectivity index (χ3v) is 4.30. The van der Waals surface area contributed by atoms with Crippen LogP contribution < -0.4 is 9.47 Å². The number of ether oxygens (including phenoxy) is 2. The maximum absolute atomic E-state index is 6.14. The number of hydrogen-bond donors (Lipinski definition) is 0. The zero-order valence-electron chi connectivity index (χ0n) is 16.1. The van der Waals surface area contributed by atoms with Crippen LogP contribution in [0.25, 0.3) is 11.1 Å². The number of rotatable bonds is 10. The lowest BCUT2D eigenvalue weighted by atomic mass is 10.0. The predicted molar refractivity (Wildman–Crippen MR) is 111 cm³/mol. The van der Waals surface area contributed by atoms with E-state index in [0.717, 1.165) is 41.2 Å². The van der Waals surface area contributed by atoms with E-state index in [1.54, 1.807) is 7.11 Å². The molecule has 3 nitrogen and oxygen atoms in total. The summed E-state index contributed by atoms with van der Waals surface area (Å²) in [5, 5.41) is 0. The summed E-state index contributed by atoms with van der Waals surface area (Å²) in [7, 11) is 1.67. The average molecular weight is 351 g/mol. The number of nitrogens with zero attached hydrogens (tertiary/aromatic N) is 1. The average Bonchev–Trinajstić information content (AvgIpc) is 2.69. The maximum atomic E-state index is 6.14. The topological polar surface area (TPSA) is 30.8 Å². The van der Waals surface area contributed by atoms with Gasteiger partial charge in [0.2, 0.25) is 0 Å². The van der Waals surface area contributed by atoms with Crippen molar-refractivity contribution < 1.29 is 9.47 Å². The molecular weight excluding hydrogens is 322 g/mol. The molecule has 0 bridgehead atoms. The highest BCUT2D eigenvalue weighted by Crippen LogP contribution is 2.44. The standard InChI is InChI=1S/C23H29NO2/c1-5-7-12-18(11-6-2)17-26-21-16-15-20(25-4)22(23(21)24-3)19-13-9-8-10-14-19/h8-11,13-16H,3,5-7,12,17H2,1-2,4H3/b18-11+. The lowest BCUT2D eigenvalue weighted by Gasteiger charge is -2.17. The molecular formula is C23H29NO2. The molecule has 0 amide bonds. The number of aliphatic imine (C=N–C) groups is 1. The number of methoxy groups -OCH3 is 1. The minimum Gasteiger partial charge on any atom is -0.496 e. The molecule has 0 atom stereocenters. The normalized spacial score (nSPS) is 11.3. The van der Waals surface area contributed by atoms with Gasteiger partial charge in [-0.05, 0) is 49.2 Å². The van der Waals surface area contributed by atoms with Gasteiger partial charge in [0.05, 0.1) is 12.7 Å². The van der Waals surface area contributed by atoms with Crippen LogP contribution in [0.3, 0.4) is 0 Å². The van der Waals surface area contributed by atoms with Crippen LogP contribution >= 0.6 is 0 Å². The Kier molecular flexibility index (Phi) is 7.94. The Morgan fingerprint density at radius 3 is 2.42 bits per heavy atom. The minimum atomic E-state index is 0.580. The van der Waals surface area contributed by atoms with Gasteiger partial charge in [-0.15, -0.1) is 0 Å². The van der Waals surface area contributed by atoms with Crippen molar-refractivity contribution in [2.75, 3.05) is 13.7 Å². The molecule has 2 aromatic carbocycles. The van der Waals surface area contributed by atoms with Crippen molar-refractivity contribution in [1.82, 2.24) is 0 Å². The summed E-state index contributed by atoms with van der Waals surface area (Å²) in [6.45, 7) is 8.71. The Labute approximate surface area is 157 Å². The second-order valence-corrected chi connectivity index (χ2v) is 6.18. The van der Waals surface area contributed by atoms with E-state index in [1.165, 1.54) is 18.4 Å². The first kappa shape index (κ1) is 19.8. The third kappa shape index (κ3) is 4.98. The van der Waals surface area contributed by atoms with Crippen LogP contribution in [0.2, 0.25) is 0 Å². The van der Waals surface area contributed by atoms with Crippen LogP contribution in [0.15, 0.2) is 59.1 Å². The first-order chi connectivity index (χ1) is 12.7. The molecule has 138 valence electrons. The smallest absolute Gasteiger partial charge is 0.146 e. The lowest BCUT2D eigenvalue weighted by molar-refractivity contribution is 0.346. The molecule has 0 aromatic heterocycles. The molecule has 0 fully saturated rings. The van der Waals surface area contributed by atoms with Crippen molar-refractivity contribution in [2.45, 2.75) is 39.5 Å². The van der Waals surface area contributed by atoms with Crippen molar-refractivity contribution in [2.24, 2.45) is 4.99 Å². The van der Waals surface area contributed by atoms with Gasteiger partial charge in [0.1, 0.15) is 23.8 Å². The Morgan fingerprint density at radius 1 is 1.08 bits per heavy atom. The van der Waals surface area contributed by atoms with Gasteiger partial charge in [-0.3, -0.25) is 4.99 Å². The second-order valence-electron chi connectivity index (χ2n) is 6.18. The molecule has 0 spiro atoms. The first-order valence-electron chi connectivity index (χ1n) is 9.28. The largest absolute Gasteiger partial charge is 0.496 e. The van der Waals surface area contributed by atoms with Gasteiger partial charge < -0.3 is 9.47 Å². The van der Waals surface area contributed by atoms with Crippen molar-refractivity contribution in [3.63, 3.8) is 0 Å². The number of allylic oxidation sites excluding steroid dienone is 1. The van der Waals surface area contributed by atoms with Crippen LogP contribution in [0.5, 0.6) is 11.5 Å². The minimum absolute atomic E-state index is 0.580. The molecule has 2 aromatic rings. The summed E-state index contributed by atoms with van der Waals surface area (Å²) >= 11 is 0.